The van der Waals surface area contributed by atoms with Gasteiger partial charge in [0.05, 0.1) is 0 Å². The third-order valence-electron chi connectivity index (χ3n) is 3.66. The maximum Gasteiger partial charge on any atom is 0.140 e. The number of aryl methyl sites for hydroxylation is 2. The van der Waals surface area contributed by atoms with Gasteiger partial charge in [-0.15, -0.1) is 0 Å². The maximum absolute atomic E-state index is 12.2. The molecule has 1 aliphatic heterocycles. The largest absolute Gasteiger partial charge is 0.317 e. The first-order valence-corrected chi connectivity index (χ1v) is 6.46. The zero-order valence-electron chi connectivity index (χ0n) is 10.8. The van der Waals surface area contributed by atoms with Gasteiger partial charge in [-0.25, -0.2) is 0 Å². The van der Waals surface area contributed by atoms with E-state index in [-0.39, 0.29) is 5.92 Å². The van der Waals surface area contributed by atoms with Crippen molar-refractivity contribution in [1.29, 1.82) is 0 Å². The van der Waals surface area contributed by atoms with Crippen molar-refractivity contribution in [2.45, 2.75) is 33.1 Å². The Kier molecular flexibility index (Phi) is 3.95. The van der Waals surface area contributed by atoms with Gasteiger partial charge in [-0.1, -0.05) is 23.8 Å². The summed E-state index contributed by atoms with van der Waals surface area (Å²) in [6.45, 7) is 6.15. The van der Waals surface area contributed by atoms with Crippen molar-refractivity contribution in [3.8, 4) is 0 Å². The van der Waals surface area contributed by atoms with Crippen LogP contribution in [0.3, 0.4) is 0 Å². The standard InChI is InChI=1S/C15H21NO/c1-11-3-4-12(2)14(9-11)10-15(17)13-5-7-16-8-6-13/h3-4,9,13,16H,5-8,10H2,1-2H3. The van der Waals surface area contributed by atoms with E-state index >= 15 is 0 Å². The number of carbonyl (C=O) groups excluding carboxylic acids is 1. The first-order valence-electron chi connectivity index (χ1n) is 6.46. The molecule has 0 aromatic heterocycles. The molecule has 0 spiro atoms. The Labute approximate surface area is 103 Å². The van der Waals surface area contributed by atoms with Crippen molar-refractivity contribution in [2.24, 2.45) is 5.92 Å². The highest BCUT2D eigenvalue weighted by molar-refractivity contribution is 5.83. The average Bonchev–Trinajstić information content (AvgIpc) is 2.35. The summed E-state index contributed by atoms with van der Waals surface area (Å²) in [5.74, 6) is 0.691. The number of carbonyl (C=O) groups is 1. The second kappa shape index (κ2) is 5.46. The molecule has 2 heteroatoms. The fourth-order valence-electron chi connectivity index (χ4n) is 2.47. The Balaban J connectivity index is 2.04. The van der Waals surface area contributed by atoms with Gasteiger partial charge in [0.25, 0.3) is 0 Å². The van der Waals surface area contributed by atoms with Crippen LogP contribution in [-0.4, -0.2) is 18.9 Å². The first kappa shape index (κ1) is 12.3. The molecule has 17 heavy (non-hydrogen) atoms. The fourth-order valence-corrected chi connectivity index (χ4v) is 2.47. The van der Waals surface area contributed by atoms with E-state index in [0.717, 1.165) is 25.9 Å². The van der Waals surface area contributed by atoms with Crippen molar-refractivity contribution in [3.63, 3.8) is 0 Å². The Morgan fingerprint density at radius 2 is 2.00 bits per heavy atom. The van der Waals surface area contributed by atoms with Crippen molar-refractivity contribution < 1.29 is 4.79 Å². The summed E-state index contributed by atoms with van der Waals surface area (Å²) in [6.07, 6.45) is 2.62. The molecule has 1 aromatic carbocycles. The van der Waals surface area contributed by atoms with Crippen molar-refractivity contribution in [1.82, 2.24) is 5.32 Å². The molecule has 0 radical (unpaired) electrons. The van der Waals surface area contributed by atoms with Crippen LogP contribution in [0.15, 0.2) is 18.2 Å². The van der Waals surface area contributed by atoms with Gasteiger partial charge in [0, 0.05) is 12.3 Å². The summed E-state index contributed by atoms with van der Waals surface area (Å²) in [5.41, 5.74) is 3.68. The second-order valence-electron chi connectivity index (χ2n) is 5.10. The van der Waals surface area contributed by atoms with E-state index in [0.29, 0.717) is 12.2 Å². The number of Topliss-reactive ketones (excluding diaryl/α,β-unsaturated/α-hetero) is 1. The van der Waals surface area contributed by atoms with E-state index in [9.17, 15) is 4.79 Å². The highest BCUT2D eigenvalue weighted by atomic mass is 16.1. The lowest BCUT2D eigenvalue weighted by Crippen LogP contribution is -2.32. The van der Waals surface area contributed by atoms with E-state index in [1.807, 2.05) is 0 Å². The number of hydrogen-bond donors (Lipinski definition) is 1. The van der Waals surface area contributed by atoms with Crippen LogP contribution in [0.5, 0.6) is 0 Å². The van der Waals surface area contributed by atoms with Gasteiger partial charge < -0.3 is 5.32 Å². The summed E-state index contributed by atoms with van der Waals surface area (Å²) >= 11 is 0. The molecule has 2 nitrogen and oxygen atoms in total. The molecule has 1 aromatic rings. The van der Waals surface area contributed by atoms with E-state index in [4.69, 9.17) is 0 Å². The van der Waals surface area contributed by atoms with Crippen LogP contribution in [0.4, 0.5) is 0 Å². The Bertz CT molecular complexity index is 405. The highest BCUT2D eigenvalue weighted by Gasteiger charge is 2.21. The second-order valence-corrected chi connectivity index (χ2v) is 5.10. The molecule has 1 N–H and O–H groups in total. The smallest absolute Gasteiger partial charge is 0.140 e. The molecule has 0 amide bonds. The third kappa shape index (κ3) is 3.16. The predicted molar refractivity (Wildman–Crippen MR) is 70.2 cm³/mol. The number of rotatable bonds is 3. The average molecular weight is 231 g/mol. The van der Waals surface area contributed by atoms with Crippen LogP contribution in [0.2, 0.25) is 0 Å². The number of nitrogens with one attached hydrogen (secondary N) is 1. The third-order valence-corrected chi connectivity index (χ3v) is 3.66. The van der Waals surface area contributed by atoms with Gasteiger partial charge in [-0.3, -0.25) is 4.79 Å². The van der Waals surface area contributed by atoms with Crippen LogP contribution >= 0.6 is 0 Å². The normalized spacial score (nSPS) is 17.1. The molecule has 1 fully saturated rings. The van der Waals surface area contributed by atoms with Crippen molar-refractivity contribution in [3.05, 3.63) is 34.9 Å². The summed E-state index contributed by atoms with van der Waals surface area (Å²) in [6, 6.07) is 6.36. The summed E-state index contributed by atoms with van der Waals surface area (Å²) in [4.78, 5) is 12.2. The Morgan fingerprint density at radius 1 is 1.29 bits per heavy atom. The number of piperidine rings is 1. The topological polar surface area (TPSA) is 29.1 Å². The Hall–Kier alpha value is -1.15. The number of hydrogen-bond acceptors (Lipinski definition) is 2. The van der Waals surface area contributed by atoms with Gasteiger partial charge in [0.2, 0.25) is 0 Å². The molecular weight excluding hydrogens is 210 g/mol. The predicted octanol–water partition coefficient (Wildman–Crippen LogP) is 2.41. The molecule has 92 valence electrons. The molecular formula is C15H21NO. The summed E-state index contributed by atoms with van der Waals surface area (Å²) < 4.78 is 0. The molecule has 2 rings (SSSR count). The molecule has 0 atom stereocenters. The van der Waals surface area contributed by atoms with Crippen molar-refractivity contribution >= 4 is 5.78 Å². The summed E-state index contributed by atoms with van der Waals surface area (Å²) in [5, 5.41) is 3.30. The van der Waals surface area contributed by atoms with Crippen LogP contribution < -0.4 is 5.32 Å². The molecule has 0 unspecified atom stereocenters. The number of benzene rings is 1. The van der Waals surface area contributed by atoms with Gasteiger partial charge in [-0.2, -0.15) is 0 Å². The minimum atomic E-state index is 0.274. The van der Waals surface area contributed by atoms with E-state index < -0.39 is 0 Å². The van der Waals surface area contributed by atoms with Gasteiger partial charge in [0.15, 0.2) is 0 Å². The van der Waals surface area contributed by atoms with Crippen LogP contribution in [0, 0.1) is 19.8 Å². The molecule has 1 saturated heterocycles. The molecule has 1 aliphatic rings. The lowest BCUT2D eigenvalue weighted by Gasteiger charge is -2.21. The van der Waals surface area contributed by atoms with E-state index in [1.165, 1.54) is 16.7 Å². The lowest BCUT2D eigenvalue weighted by atomic mass is 9.89. The zero-order chi connectivity index (χ0) is 12.3. The Morgan fingerprint density at radius 3 is 2.71 bits per heavy atom. The molecule has 0 aliphatic carbocycles. The van der Waals surface area contributed by atoms with E-state index in [2.05, 4.69) is 37.4 Å². The minimum Gasteiger partial charge on any atom is -0.317 e. The quantitative estimate of drug-likeness (QED) is 0.865. The molecule has 0 bridgehead atoms. The number of ketones is 1. The minimum absolute atomic E-state index is 0.274. The van der Waals surface area contributed by atoms with Crippen LogP contribution in [0.25, 0.3) is 0 Å². The van der Waals surface area contributed by atoms with E-state index in [1.54, 1.807) is 0 Å². The maximum atomic E-state index is 12.2. The summed E-state index contributed by atoms with van der Waals surface area (Å²) in [7, 11) is 0. The van der Waals surface area contributed by atoms with Crippen LogP contribution in [0.1, 0.15) is 29.5 Å². The highest BCUT2D eigenvalue weighted by Crippen LogP contribution is 2.18. The SMILES string of the molecule is Cc1ccc(C)c(CC(=O)C2CCNCC2)c1. The zero-order valence-corrected chi connectivity index (χ0v) is 10.8. The van der Waals surface area contributed by atoms with Crippen LogP contribution in [-0.2, 0) is 11.2 Å². The molecule has 1 heterocycles. The fraction of sp³-hybridized carbons (Fsp3) is 0.533. The lowest BCUT2D eigenvalue weighted by molar-refractivity contribution is -0.122. The van der Waals surface area contributed by atoms with Gasteiger partial charge >= 0.3 is 0 Å². The van der Waals surface area contributed by atoms with Gasteiger partial charge in [0.1, 0.15) is 5.78 Å². The van der Waals surface area contributed by atoms with Gasteiger partial charge in [-0.05, 0) is 50.9 Å². The molecule has 0 saturated carbocycles. The monoisotopic (exact) mass is 231 g/mol. The first-order chi connectivity index (χ1) is 8.16. The van der Waals surface area contributed by atoms with Crippen molar-refractivity contribution in [2.75, 3.05) is 13.1 Å².